The van der Waals surface area contributed by atoms with Crippen molar-refractivity contribution < 1.29 is 27.8 Å². The minimum atomic E-state index is -1.08. The van der Waals surface area contributed by atoms with E-state index in [1.807, 2.05) is 0 Å². The molecular weight excluding hydrogens is 432 g/mol. The second-order valence-electron chi connectivity index (χ2n) is 7.13. The number of nitrogens with zero attached hydrogens (tertiary/aromatic N) is 2. The number of rotatable bonds is 7. The van der Waals surface area contributed by atoms with Crippen LogP contribution in [0.5, 0.6) is 11.5 Å². The maximum absolute atomic E-state index is 13.8. The molecule has 1 aliphatic heterocycles. The highest BCUT2D eigenvalue weighted by Gasteiger charge is 2.39. The molecule has 3 aromatic rings. The van der Waals surface area contributed by atoms with Gasteiger partial charge in [-0.05, 0) is 47.5 Å². The number of methoxy groups -OCH3 is 2. The summed E-state index contributed by atoms with van der Waals surface area (Å²) < 4.78 is 37.7. The van der Waals surface area contributed by atoms with E-state index in [1.165, 1.54) is 20.3 Å². The fourth-order valence-corrected chi connectivity index (χ4v) is 3.48. The molecule has 0 fully saturated rings. The van der Waals surface area contributed by atoms with Gasteiger partial charge in [0.1, 0.15) is 5.70 Å². The Morgan fingerprint density at radius 2 is 1.61 bits per heavy atom. The van der Waals surface area contributed by atoms with Gasteiger partial charge in [0.25, 0.3) is 11.8 Å². The zero-order valence-electron chi connectivity index (χ0n) is 17.8. The van der Waals surface area contributed by atoms with Crippen molar-refractivity contribution in [1.82, 2.24) is 9.88 Å². The highest BCUT2D eigenvalue weighted by Crippen LogP contribution is 2.36. The van der Waals surface area contributed by atoms with E-state index in [1.54, 1.807) is 42.7 Å². The quantitative estimate of drug-likeness (QED) is 0.551. The molecule has 1 aromatic heterocycles. The first-order valence-electron chi connectivity index (χ1n) is 9.86. The molecule has 0 saturated heterocycles. The number of hydrogen-bond donors (Lipinski definition) is 1. The molecule has 168 valence electrons. The third kappa shape index (κ3) is 4.25. The van der Waals surface area contributed by atoms with E-state index in [4.69, 9.17) is 9.47 Å². The minimum absolute atomic E-state index is 0.0138. The number of halogens is 2. The summed E-state index contributed by atoms with van der Waals surface area (Å²) in [5, 5.41) is 2.80. The lowest BCUT2D eigenvalue weighted by molar-refractivity contribution is -0.137. The highest BCUT2D eigenvalue weighted by molar-refractivity contribution is 6.36. The molecule has 4 rings (SSSR count). The van der Waals surface area contributed by atoms with Gasteiger partial charge in [0.05, 0.1) is 26.3 Å². The Morgan fingerprint density at radius 1 is 0.879 bits per heavy atom. The Hall–Kier alpha value is -4.27. The lowest BCUT2D eigenvalue weighted by Crippen LogP contribution is -2.32. The molecule has 0 bridgehead atoms. The Kier molecular flexibility index (Phi) is 6.03. The first-order valence-corrected chi connectivity index (χ1v) is 9.86. The van der Waals surface area contributed by atoms with Gasteiger partial charge in [-0.2, -0.15) is 0 Å². The molecule has 0 aliphatic carbocycles. The summed E-state index contributed by atoms with van der Waals surface area (Å²) in [6.45, 7) is 0.0138. The van der Waals surface area contributed by atoms with Crippen LogP contribution in [0.1, 0.15) is 11.1 Å². The lowest BCUT2D eigenvalue weighted by atomic mass is 10.0. The normalized spacial score (nSPS) is 13.5. The molecule has 0 spiro atoms. The summed E-state index contributed by atoms with van der Waals surface area (Å²) in [6, 6.07) is 11.3. The van der Waals surface area contributed by atoms with Gasteiger partial charge in [-0.3, -0.25) is 19.5 Å². The predicted octanol–water partition coefficient (Wildman–Crippen LogP) is 3.77. The Balaban J connectivity index is 1.79. The third-order valence-electron chi connectivity index (χ3n) is 5.12. The summed E-state index contributed by atoms with van der Waals surface area (Å²) in [5.41, 5.74) is 1.22. The fourth-order valence-electron chi connectivity index (χ4n) is 3.48. The SMILES string of the molecule is COc1ccc(C2=C(Nc3ccc(F)c(F)c3)C(=O)N(Cc3ccncc3)C2=O)cc1OC. The summed E-state index contributed by atoms with van der Waals surface area (Å²) in [7, 11) is 2.93. The van der Waals surface area contributed by atoms with Crippen molar-refractivity contribution in [3.05, 3.63) is 89.4 Å². The standard InChI is InChI=1S/C24H19F2N3O4/c1-32-19-6-3-15(11-20(19)33-2)21-22(28-16-4-5-17(25)18(26)12-16)24(31)29(23(21)30)13-14-7-9-27-10-8-14/h3-12,28H,13H2,1-2H3. The zero-order valence-corrected chi connectivity index (χ0v) is 17.8. The molecule has 0 radical (unpaired) electrons. The number of nitrogens with one attached hydrogen (secondary N) is 1. The topological polar surface area (TPSA) is 80.8 Å². The summed E-state index contributed by atoms with van der Waals surface area (Å²) in [4.78, 5) is 31.7. The van der Waals surface area contributed by atoms with Crippen molar-refractivity contribution in [2.24, 2.45) is 0 Å². The lowest BCUT2D eigenvalue weighted by Gasteiger charge is -2.15. The second kappa shape index (κ2) is 9.07. The van der Waals surface area contributed by atoms with Crippen molar-refractivity contribution in [2.45, 2.75) is 6.54 Å². The monoisotopic (exact) mass is 451 g/mol. The van der Waals surface area contributed by atoms with Crippen molar-refractivity contribution in [3.8, 4) is 11.5 Å². The molecule has 7 nitrogen and oxygen atoms in total. The van der Waals surface area contributed by atoms with Gasteiger partial charge in [0, 0.05) is 24.1 Å². The molecule has 9 heteroatoms. The molecule has 2 heterocycles. The Bertz CT molecular complexity index is 1260. The van der Waals surface area contributed by atoms with Crippen LogP contribution >= 0.6 is 0 Å². The summed E-state index contributed by atoms with van der Waals surface area (Å²) >= 11 is 0. The maximum Gasteiger partial charge on any atom is 0.278 e. The predicted molar refractivity (Wildman–Crippen MR) is 116 cm³/mol. The minimum Gasteiger partial charge on any atom is -0.493 e. The van der Waals surface area contributed by atoms with Crippen LogP contribution in [0.3, 0.4) is 0 Å². The summed E-state index contributed by atoms with van der Waals surface area (Å²) in [6.07, 6.45) is 3.12. The number of hydrogen-bond acceptors (Lipinski definition) is 6. The van der Waals surface area contributed by atoms with Crippen molar-refractivity contribution in [1.29, 1.82) is 0 Å². The number of ether oxygens (including phenoxy) is 2. The molecule has 0 atom stereocenters. The first-order chi connectivity index (χ1) is 15.9. The Morgan fingerprint density at radius 3 is 2.27 bits per heavy atom. The van der Waals surface area contributed by atoms with E-state index in [-0.39, 0.29) is 23.5 Å². The number of aromatic nitrogens is 1. The van der Waals surface area contributed by atoms with Gasteiger partial charge in [-0.25, -0.2) is 8.78 Å². The average Bonchev–Trinajstić information content (AvgIpc) is 3.05. The van der Waals surface area contributed by atoms with Gasteiger partial charge in [-0.1, -0.05) is 6.07 Å². The maximum atomic E-state index is 13.8. The van der Waals surface area contributed by atoms with Crippen LogP contribution < -0.4 is 14.8 Å². The number of benzene rings is 2. The second-order valence-corrected chi connectivity index (χ2v) is 7.13. The van der Waals surface area contributed by atoms with E-state index in [2.05, 4.69) is 10.3 Å². The van der Waals surface area contributed by atoms with Gasteiger partial charge in [0.15, 0.2) is 23.1 Å². The van der Waals surface area contributed by atoms with E-state index in [0.29, 0.717) is 22.6 Å². The first kappa shape index (κ1) is 21.9. The van der Waals surface area contributed by atoms with Crippen LogP contribution in [0.25, 0.3) is 5.57 Å². The molecule has 2 amide bonds. The van der Waals surface area contributed by atoms with E-state index in [0.717, 1.165) is 17.0 Å². The number of amides is 2. The third-order valence-corrected chi connectivity index (χ3v) is 5.12. The number of pyridine rings is 1. The molecular formula is C24H19F2N3O4. The highest BCUT2D eigenvalue weighted by atomic mass is 19.2. The molecule has 0 saturated carbocycles. The van der Waals surface area contributed by atoms with Gasteiger partial charge >= 0.3 is 0 Å². The van der Waals surface area contributed by atoms with E-state index >= 15 is 0 Å². The summed E-state index contributed by atoms with van der Waals surface area (Å²) in [5.74, 6) is -2.45. The largest absolute Gasteiger partial charge is 0.493 e. The Labute approximate surface area is 188 Å². The van der Waals surface area contributed by atoms with Crippen LogP contribution in [0, 0.1) is 11.6 Å². The van der Waals surface area contributed by atoms with Crippen LogP contribution in [0.15, 0.2) is 66.6 Å². The molecule has 1 aliphatic rings. The van der Waals surface area contributed by atoms with E-state index < -0.39 is 23.4 Å². The molecule has 0 unspecified atom stereocenters. The number of carbonyl (C=O) groups is 2. The van der Waals surface area contributed by atoms with Gasteiger partial charge < -0.3 is 14.8 Å². The van der Waals surface area contributed by atoms with Crippen LogP contribution in [-0.2, 0) is 16.1 Å². The zero-order chi connectivity index (χ0) is 23.5. The molecule has 1 N–H and O–H groups in total. The van der Waals surface area contributed by atoms with Crippen LogP contribution in [-0.4, -0.2) is 35.9 Å². The van der Waals surface area contributed by atoms with Crippen LogP contribution in [0.2, 0.25) is 0 Å². The van der Waals surface area contributed by atoms with Crippen LogP contribution in [0.4, 0.5) is 14.5 Å². The number of anilines is 1. The molecule has 2 aromatic carbocycles. The van der Waals surface area contributed by atoms with Gasteiger partial charge in [0.2, 0.25) is 0 Å². The smallest absolute Gasteiger partial charge is 0.278 e. The van der Waals surface area contributed by atoms with Crippen molar-refractivity contribution in [3.63, 3.8) is 0 Å². The molecule has 33 heavy (non-hydrogen) atoms. The van der Waals surface area contributed by atoms with Crippen molar-refractivity contribution >= 4 is 23.1 Å². The average molecular weight is 451 g/mol. The fraction of sp³-hybridized carbons (Fsp3) is 0.125. The van der Waals surface area contributed by atoms with Crippen molar-refractivity contribution in [2.75, 3.05) is 19.5 Å². The number of imide groups is 1. The van der Waals surface area contributed by atoms with Gasteiger partial charge in [-0.15, -0.1) is 0 Å². The van der Waals surface area contributed by atoms with E-state index in [9.17, 15) is 18.4 Å². The number of carbonyl (C=O) groups excluding carboxylic acids is 2.